The van der Waals surface area contributed by atoms with Gasteiger partial charge in [-0.3, -0.25) is 4.79 Å². The van der Waals surface area contributed by atoms with Gasteiger partial charge in [-0.25, -0.2) is 0 Å². The number of carbonyl (C=O) groups excluding carboxylic acids is 1. The number of unbranched alkanes of at least 4 members (excludes halogenated alkanes) is 1. The minimum absolute atomic E-state index is 0.0216. The molecule has 0 unspecified atom stereocenters. The lowest BCUT2D eigenvalue weighted by Gasteiger charge is -2.21. The van der Waals surface area contributed by atoms with Crippen LogP contribution in [0.25, 0.3) is 0 Å². The molecule has 1 aromatic carbocycles. The van der Waals surface area contributed by atoms with Gasteiger partial charge in [-0.1, -0.05) is 25.5 Å². The molecular weight excluding hydrogens is 240 g/mol. The highest BCUT2D eigenvalue weighted by molar-refractivity contribution is 5.76. The molecule has 0 fully saturated rings. The number of hydrogen-bond acceptors (Lipinski definition) is 3. The van der Waals surface area contributed by atoms with Gasteiger partial charge in [0.1, 0.15) is 0 Å². The first kappa shape index (κ1) is 15.5. The number of aliphatic hydroxyl groups excluding tert-OH is 1. The number of nitrogens with two attached hydrogens (primary N) is 1. The van der Waals surface area contributed by atoms with Gasteiger partial charge in [0.05, 0.1) is 6.61 Å². The monoisotopic (exact) mass is 264 g/mol. The largest absolute Gasteiger partial charge is 0.399 e. The zero-order valence-electron chi connectivity index (χ0n) is 11.6. The van der Waals surface area contributed by atoms with Crippen LogP contribution in [0.4, 0.5) is 5.69 Å². The number of anilines is 1. The number of aliphatic hydroxyl groups is 1. The number of nitrogen functional groups attached to an aromatic ring is 1. The van der Waals surface area contributed by atoms with Gasteiger partial charge < -0.3 is 15.7 Å². The Balaban J connectivity index is 2.47. The smallest absolute Gasteiger partial charge is 0.222 e. The molecule has 0 bridgehead atoms. The Morgan fingerprint density at radius 3 is 2.79 bits per heavy atom. The van der Waals surface area contributed by atoms with Crippen molar-refractivity contribution < 1.29 is 9.90 Å². The van der Waals surface area contributed by atoms with Crippen LogP contribution in [0.2, 0.25) is 0 Å². The second kappa shape index (κ2) is 8.53. The predicted molar refractivity (Wildman–Crippen MR) is 77.7 cm³/mol. The van der Waals surface area contributed by atoms with Gasteiger partial charge >= 0.3 is 0 Å². The predicted octanol–water partition coefficient (Wildman–Crippen LogP) is 1.82. The van der Waals surface area contributed by atoms with E-state index < -0.39 is 0 Å². The maximum absolute atomic E-state index is 12.1. The van der Waals surface area contributed by atoms with Crippen LogP contribution in [0.1, 0.15) is 31.7 Å². The van der Waals surface area contributed by atoms with E-state index in [0.717, 1.165) is 30.6 Å². The van der Waals surface area contributed by atoms with Crippen molar-refractivity contribution in [1.29, 1.82) is 0 Å². The van der Waals surface area contributed by atoms with Gasteiger partial charge in [0.2, 0.25) is 5.91 Å². The van der Waals surface area contributed by atoms with Crippen LogP contribution in [0.15, 0.2) is 24.3 Å². The molecule has 4 nitrogen and oxygen atoms in total. The van der Waals surface area contributed by atoms with E-state index in [1.165, 1.54) is 0 Å². The molecule has 1 rings (SSSR count). The summed E-state index contributed by atoms with van der Waals surface area (Å²) in [6.45, 7) is 3.27. The molecule has 0 aliphatic carbocycles. The van der Waals surface area contributed by atoms with Crippen molar-refractivity contribution in [2.45, 2.75) is 32.6 Å². The Labute approximate surface area is 115 Å². The molecular formula is C15H24N2O2. The molecule has 0 radical (unpaired) electrons. The van der Waals surface area contributed by atoms with Crippen molar-refractivity contribution in [1.82, 2.24) is 4.90 Å². The molecule has 0 saturated heterocycles. The van der Waals surface area contributed by atoms with Crippen molar-refractivity contribution >= 4 is 11.6 Å². The second-order valence-electron chi connectivity index (χ2n) is 4.70. The molecule has 0 atom stereocenters. The minimum Gasteiger partial charge on any atom is -0.399 e. The van der Waals surface area contributed by atoms with E-state index in [4.69, 9.17) is 10.8 Å². The first-order valence-corrected chi connectivity index (χ1v) is 6.90. The van der Waals surface area contributed by atoms with Crippen molar-refractivity contribution in [3.63, 3.8) is 0 Å². The second-order valence-corrected chi connectivity index (χ2v) is 4.70. The summed E-state index contributed by atoms with van der Waals surface area (Å²) in [6, 6.07) is 7.62. The van der Waals surface area contributed by atoms with Gasteiger partial charge in [0.15, 0.2) is 0 Å². The first-order chi connectivity index (χ1) is 9.17. The Kier molecular flexibility index (Phi) is 6.97. The standard InChI is InChI=1S/C15H24N2O2/c1-2-3-9-17(10-11-18)15(19)8-7-13-5-4-6-14(16)12-13/h4-6,12,18H,2-3,7-11,16H2,1H3. The maximum atomic E-state index is 12.1. The summed E-state index contributed by atoms with van der Waals surface area (Å²) in [5.74, 6) is 0.102. The van der Waals surface area contributed by atoms with Gasteiger partial charge in [-0.05, 0) is 30.5 Å². The maximum Gasteiger partial charge on any atom is 0.222 e. The van der Waals surface area contributed by atoms with E-state index in [2.05, 4.69) is 6.92 Å². The van der Waals surface area contributed by atoms with Crippen LogP contribution >= 0.6 is 0 Å². The third kappa shape index (κ3) is 5.75. The number of amides is 1. The Hall–Kier alpha value is -1.55. The summed E-state index contributed by atoms with van der Waals surface area (Å²) >= 11 is 0. The van der Waals surface area contributed by atoms with Crippen molar-refractivity contribution in [2.24, 2.45) is 0 Å². The molecule has 1 aromatic rings. The molecule has 0 heterocycles. The van der Waals surface area contributed by atoms with Crippen LogP contribution in [0, 0.1) is 0 Å². The molecule has 0 aliphatic rings. The number of nitrogens with zero attached hydrogens (tertiary/aromatic N) is 1. The lowest BCUT2D eigenvalue weighted by atomic mass is 10.1. The quantitative estimate of drug-likeness (QED) is 0.704. The van der Waals surface area contributed by atoms with Gasteiger partial charge in [0, 0.05) is 25.2 Å². The highest BCUT2D eigenvalue weighted by Gasteiger charge is 2.12. The van der Waals surface area contributed by atoms with Crippen LogP contribution in [-0.2, 0) is 11.2 Å². The van der Waals surface area contributed by atoms with Gasteiger partial charge in [0.25, 0.3) is 0 Å². The normalized spacial score (nSPS) is 10.4. The number of benzene rings is 1. The summed E-state index contributed by atoms with van der Waals surface area (Å²) in [7, 11) is 0. The van der Waals surface area contributed by atoms with E-state index >= 15 is 0 Å². The van der Waals surface area contributed by atoms with Crippen molar-refractivity contribution in [2.75, 3.05) is 25.4 Å². The zero-order valence-corrected chi connectivity index (χ0v) is 11.6. The van der Waals surface area contributed by atoms with Gasteiger partial charge in [-0.15, -0.1) is 0 Å². The van der Waals surface area contributed by atoms with Crippen LogP contribution in [0.3, 0.4) is 0 Å². The van der Waals surface area contributed by atoms with Crippen LogP contribution in [0.5, 0.6) is 0 Å². The summed E-state index contributed by atoms with van der Waals surface area (Å²) in [6.07, 6.45) is 3.18. The highest BCUT2D eigenvalue weighted by atomic mass is 16.3. The SMILES string of the molecule is CCCCN(CCO)C(=O)CCc1cccc(N)c1. The fourth-order valence-electron chi connectivity index (χ4n) is 1.99. The van der Waals surface area contributed by atoms with E-state index in [1.54, 1.807) is 4.90 Å². The van der Waals surface area contributed by atoms with E-state index in [-0.39, 0.29) is 12.5 Å². The lowest BCUT2D eigenvalue weighted by Crippen LogP contribution is -2.34. The molecule has 0 saturated carbocycles. The first-order valence-electron chi connectivity index (χ1n) is 6.90. The fraction of sp³-hybridized carbons (Fsp3) is 0.533. The number of hydrogen-bond donors (Lipinski definition) is 2. The number of carbonyl (C=O) groups is 1. The number of rotatable bonds is 8. The average molecular weight is 264 g/mol. The Bertz CT molecular complexity index is 393. The minimum atomic E-state index is 0.0216. The molecule has 4 heteroatoms. The summed E-state index contributed by atoms with van der Waals surface area (Å²) in [5.41, 5.74) is 7.51. The van der Waals surface area contributed by atoms with E-state index in [1.807, 2.05) is 24.3 Å². The Morgan fingerprint density at radius 2 is 2.16 bits per heavy atom. The van der Waals surface area contributed by atoms with Crippen molar-refractivity contribution in [3.05, 3.63) is 29.8 Å². The summed E-state index contributed by atoms with van der Waals surface area (Å²) < 4.78 is 0. The molecule has 0 spiro atoms. The molecule has 19 heavy (non-hydrogen) atoms. The number of aryl methyl sites for hydroxylation is 1. The van der Waals surface area contributed by atoms with E-state index in [9.17, 15) is 4.79 Å². The fourth-order valence-corrected chi connectivity index (χ4v) is 1.99. The molecule has 1 amide bonds. The molecule has 0 aromatic heterocycles. The summed E-state index contributed by atoms with van der Waals surface area (Å²) in [4.78, 5) is 13.8. The topological polar surface area (TPSA) is 66.6 Å². The molecule has 3 N–H and O–H groups in total. The van der Waals surface area contributed by atoms with E-state index in [0.29, 0.717) is 19.4 Å². The van der Waals surface area contributed by atoms with Crippen LogP contribution < -0.4 is 5.73 Å². The lowest BCUT2D eigenvalue weighted by molar-refractivity contribution is -0.131. The third-order valence-electron chi connectivity index (χ3n) is 3.08. The zero-order chi connectivity index (χ0) is 14.1. The van der Waals surface area contributed by atoms with Gasteiger partial charge in [-0.2, -0.15) is 0 Å². The average Bonchev–Trinajstić information content (AvgIpc) is 2.41. The summed E-state index contributed by atoms with van der Waals surface area (Å²) in [5, 5.41) is 9.00. The highest BCUT2D eigenvalue weighted by Crippen LogP contribution is 2.10. The molecule has 0 aliphatic heterocycles. The Morgan fingerprint density at radius 1 is 1.37 bits per heavy atom. The van der Waals surface area contributed by atoms with Crippen molar-refractivity contribution in [3.8, 4) is 0 Å². The molecule has 106 valence electrons. The third-order valence-corrected chi connectivity index (χ3v) is 3.08. The van der Waals surface area contributed by atoms with Crippen LogP contribution in [-0.4, -0.2) is 35.6 Å².